The first-order valence-electron chi connectivity index (χ1n) is 8.01. The lowest BCUT2D eigenvalue weighted by Crippen LogP contribution is -2.50. The van der Waals surface area contributed by atoms with Crippen LogP contribution in [0.4, 0.5) is 13.6 Å². The molecule has 0 aliphatic carbocycles. The lowest BCUT2D eigenvalue weighted by atomic mass is 10.1. The first kappa shape index (κ1) is 19.6. The summed E-state index contributed by atoms with van der Waals surface area (Å²) in [6.07, 6.45) is 0.807. The van der Waals surface area contributed by atoms with Crippen molar-refractivity contribution in [3.05, 3.63) is 33.8 Å². The molecule has 1 saturated heterocycles. The van der Waals surface area contributed by atoms with Gasteiger partial charge in [0.1, 0.15) is 17.0 Å². The molecule has 2 rings (SSSR count). The Labute approximate surface area is 153 Å². The van der Waals surface area contributed by atoms with E-state index < -0.39 is 40.8 Å². The molecule has 1 aliphatic rings. The minimum absolute atomic E-state index is 0.0121. The van der Waals surface area contributed by atoms with Crippen molar-refractivity contribution in [3.63, 3.8) is 0 Å². The van der Waals surface area contributed by atoms with Gasteiger partial charge in [-0.15, -0.1) is 0 Å². The van der Waals surface area contributed by atoms with Gasteiger partial charge in [0.2, 0.25) is 0 Å². The number of nitrogens with zero attached hydrogens (tertiary/aromatic N) is 1. The number of nitrogens with one attached hydrogen (secondary N) is 1. The van der Waals surface area contributed by atoms with Gasteiger partial charge in [-0.05, 0) is 61.7 Å². The van der Waals surface area contributed by atoms with Gasteiger partial charge in [0.25, 0.3) is 5.91 Å². The summed E-state index contributed by atoms with van der Waals surface area (Å²) in [5, 5.41) is 2.60. The van der Waals surface area contributed by atoms with Crippen molar-refractivity contribution in [2.24, 2.45) is 0 Å². The van der Waals surface area contributed by atoms with Gasteiger partial charge in [0.15, 0.2) is 5.82 Å². The van der Waals surface area contributed by atoms with Crippen LogP contribution >= 0.6 is 15.9 Å². The van der Waals surface area contributed by atoms with Gasteiger partial charge >= 0.3 is 6.09 Å². The second-order valence-electron chi connectivity index (χ2n) is 6.96. The van der Waals surface area contributed by atoms with Crippen LogP contribution in [0.25, 0.3) is 0 Å². The monoisotopic (exact) mass is 418 g/mol. The quantitative estimate of drug-likeness (QED) is 0.741. The molecule has 1 atom stereocenters. The maximum atomic E-state index is 14.0. The number of halogens is 3. The SMILES string of the molecule is CC(C)(C)OC(=O)N1CCC[C@H](NC(=O)c2c(F)ccc(Br)c2F)C1. The summed E-state index contributed by atoms with van der Waals surface area (Å²) >= 11 is 2.94. The lowest BCUT2D eigenvalue weighted by Gasteiger charge is -2.34. The number of rotatable bonds is 2. The van der Waals surface area contributed by atoms with Crippen LogP contribution in [0.15, 0.2) is 16.6 Å². The maximum absolute atomic E-state index is 14.0. The second kappa shape index (κ2) is 7.68. The fourth-order valence-corrected chi connectivity index (χ4v) is 2.91. The summed E-state index contributed by atoms with van der Waals surface area (Å²) in [4.78, 5) is 25.9. The Morgan fingerprint density at radius 1 is 1.32 bits per heavy atom. The van der Waals surface area contributed by atoms with Crippen molar-refractivity contribution in [1.29, 1.82) is 0 Å². The van der Waals surface area contributed by atoms with E-state index >= 15 is 0 Å². The number of amides is 2. The van der Waals surface area contributed by atoms with E-state index in [1.54, 1.807) is 20.8 Å². The smallest absolute Gasteiger partial charge is 0.410 e. The Morgan fingerprint density at radius 3 is 2.64 bits per heavy atom. The van der Waals surface area contributed by atoms with E-state index in [0.29, 0.717) is 19.4 Å². The molecule has 25 heavy (non-hydrogen) atoms. The summed E-state index contributed by atoms with van der Waals surface area (Å²) < 4.78 is 33.2. The molecule has 0 aromatic heterocycles. The first-order chi connectivity index (χ1) is 11.6. The minimum Gasteiger partial charge on any atom is -0.444 e. The van der Waals surface area contributed by atoms with Gasteiger partial charge in [-0.1, -0.05) is 0 Å². The van der Waals surface area contributed by atoms with Gasteiger partial charge in [-0.3, -0.25) is 4.79 Å². The number of ether oxygens (including phenoxy) is 1. The standard InChI is InChI=1S/C17H21BrF2N2O3/c1-17(2,3)25-16(24)22-8-4-5-10(9-22)21-15(23)13-12(19)7-6-11(18)14(13)20/h6-7,10H,4-5,8-9H2,1-3H3,(H,21,23)/t10-/m0/s1. The van der Waals surface area contributed by atoms with Crippen LogP contribution in [0.5, 0.6) is 0 Å². The lowest BCUT2D eigenvalue weighted by molar-refractivity contribution is 0.0185. The Kier molecular flexibility index (Phi) is 6.03. The maximum Gasteiger partial charge on any atom is 0.410 e. The third-order valence-corrected chi connectivity index (χ3v) is 4.29. The molecule has 0 bridgehead atoms. The van der Waals surface area contributed by atoms with Crippen LogP contribution in [0.3, 0.4) is 0 Å². The molecule has 1 heterocycles. The predicted octanol–water partition coefficient (Wildman–Crippen LogP) is 3.86. The number of hydrogen-bond acceptors (Lipinski definition) is 3. The molecule has 2 amide bonds. The predicted molar refractivity (Wildman–Crippen MR) is 92.4 cm³/mol. The molecule has 5 nitrogen and oxygen atoms in total. The minimum atomic E-state index is -0.947. The van der Waals surface area contributed by atoms with Crippen LogP contribution < -0.4 is 5.32 Å². The van der Waals surface area contributed by atoms with Crippen LogP contribution in [0.1, 0.15) is 44.0 Å². The molecule has 0 unspecified atom stereocenters. The third-order valence-electron chi connectivity index (χ3n) is 3.68. The summed E-state index contributed by atoms with van der Waals surface area (Å²) in [7, 11) is 0. The van der Waals surface area contributed by atoms with Gasteiger partial charge in [0.05, 0.1) is 4.47 Å². The summed E-state index contributed by atoms with van der Waals surface area (Å²) in [6, 6.07) is 1.83. The molecule has 1 N–H and O–H groups in total. The number of hydrogen-bond donors (Lipinski definition) is 1. The second-order valence-corrected chi connectivity index (χ2v) is 7.81. The van der Waals surface area contributed by atoms with E-state index in [9.17, 15) is 18.4 Å². The van der Waals surface area contributed by atoms with E-state index in [1.165, 1.54) is 11.0 Å². The van der Waals surface area contributed by atoms with Crippen molar-refractivity contribution < 1.29 is 23.1 Å². The van der Waals surface area contributed by atoms with Crippen molar-refractivity contribution in [2.45, 2.75) is 45.3 Å². The normalized spacial score (nSPS) is 18.0. The van der Waals surface area contributed by atoms with Crippen LogP contribution in [-0.2, 0) is 4.74 Å². The highest BCUT2D eigenvalue weighted by Gasteiger charge is 2.29. The van der Waals surface area contributed by atoms with Crippen LogP contribution in [0, 0.1) is 11.6 Å². The highest BCUT2D eigenvalue weighted by molar-refractivity contribution is 9.10. The molecule has 138 valence electrons. The van der Waals surface area contributed by atoms with Gasteiger partial charge in [-0.2, -0.15) is 0 Å². The van der Waals surface area contributed by atoms with Crippen molar-refractivity contribution in [1.82, 2.24) is 10.2 Å². The molecule has 0 radical (unpaired) electrons. The molecule has 1 fully saturated rings. The molecule has 8 heteroatoms. The topological polar surface area (TPSA) is 58.6 Å². The first-order valence-corrected chi connectivity index (χ1v) is 8.80. The number of carbonyl (C=O) groups is 2. The highest BCUT2D eigenvalue weighted by atomic mass is 79.9. The molecule has 1 aliphatic heterocycles. The Morgan fingerprint density at radius 2 is 2.00 bits per heavy atom. The van der Waals surface area contributed by atoms with Gasteiger partial charge < -0.3 is 15.0 Å². The fourth-order valence-electron chi connectivity index (χ4n) is 2.58. The van der Waals surface area contributed by atoms with E-state index in [-0.39, 0.29) is 11.0 Å². The highest BCUT2D eigenvalue weighted by Crippen LogP contribution is 2.22. The molecular weight excluding hydrogens is 398 g/mol. The van der Waals surface area contributed by atoms with Crippen molar-refractivity contribution in [3.8, 4) is 0 Å². The Bertz CT molecular complexity index is 677. The number of benzene rings is 1. The zero-order chi connectivity index (χ0) is 18.8. The summed E-state index contributed by atoms with van der Waals surface area (Å²) in [5.74, 6) is -2.72. The molecular formula is C17H21BrF2N2O3. The number of piperidine rings is 1. The largest absolute Gasteiger partial charge is 0.444 e. The Balaban J connectivity index is 2.04. The molecule has 1 aromatic rings. The summed E-state index contributed by atoms with van der Waals surface area (Å²) in [5.41, 5.74) is -1.25. The van der Waals surface area contributed by atoms with Gasteiger partial charge in [0, 0.05) is 19.1 Å². The molecule has 0 saturated carbocycles. The fraction of sp³-hybridized carbons (Fsp3) is 0.529. The number of likely N-dealkylation sites (tertiary alicyclic amines) is 1. The average Bonchev–Trinajstić information content (AvgIpc) is 2.50. The van der Waals surface area contributed by atoms with E-state index in [0.717, 1.165) is 6.07 Å². The third kappa shape index (κ3) is 5.14. The van der Waals surface area contributed by atoms with E-state index in [1.807, 2.05) is 0 Å². The van der Waals surface area contributed by atoms with Gasteiger partial charge in [-0.25, -0.2) is 13.6 Å². The zero-order valence-electron chi connectivity index (χ0n) is 14.4. The van der Waals surface area contributed by atoms with E-state index in [4.69, 9.17) is 4.74 Å². The van der Waals surface area contributed by atoms with Crippen molar-refractivity contribution >= 4 is 27.9 Å². The Hall–Kier alpha value is -1.70. The van der Waals surface area contributed by atoms with Crippen LogP contribution in [0.2, 0.25) is 0 Å². The number of carbonyl (C=O) groups excluding carboxylic acids is 2. The summed E-state index contributed by atoms with van der Waals surface area (Å²) in [6.45, 7) is 6.06. The average molecular weight is 419 g/mol. The molecule has 0 spiro atoms. The van der Waals surface area contributed by atoms with Crippen molar-refractivity contribution in [2.75, 3.05) is 13.1 Å². The van der Waals surface area contributed by atoms with Crippen LogP contribution in [-0.4, -0.2) is 41.6 Å². The molecule has 1 aromatic carbocycles. The zero-order valence-corrected chi connectivity index (χ0v) is 16.0. The van der Waals surface area contributed by atoms with E-state index in [2.05, 4.69) is 21.2 Å².